The van der Waals surface area contributed by atoms with Crippen LogP contribution in [0.5, 0.6) is 0 Å². The second kappa shape index (κ2) is 5.80. The van der Waals surface area contributed by atoms with Gasteiger partial charge in [-0.2, -0.15) is 0 Å². The summed E-state index contributed by atoms with van der Waals surface area (Å²) in [5.74, 6) is 0.829. The maximum Gasteiger partial charge on any atom is 0.263 e. The molecular weight excluding hydrogens is 323 g/mol. The van der Waals surface area contributed by atoms with Gasteiger partial charge >= 0.3 is 0 Å². The van der Waals surface area contributed by atoms with E-state index in [1.807, 2.05) is 4.90 Å². The molecule has 2 aliphatic rings. The number of carbonyl (C=O) groups is 1. The molecule has 1 aliphatic heterocycles. The van der Waals surface area contributed by atoms with Crippen LogP contribution in [0.2, 0.25) is 0 Å². The molecule has 2 heterocycles. The van der Waals surface area contributed by atoms with Gasteiger partial charge in [0.05, 0.1) is 4.88 Å². The molecule has 1 amide bonds. The number of rotatable bonds is 1. The lowest BCUT2D eigenvalue weighted by Crippen LogP contribution is -2.33. The van der Waals surface area contributed by atoms with Crippen LogP contribution < -0.4 is 5.73 Å². The SMILES string of the molecule is Cl.NC1CCC2CN(C(=O)c3cc4cc(F)ccc4s3)CC12. The number of nitrogens with zero attached hydrogens (tertiary/aromatic N) is 1. The Kier molecular flexibility index (Phi) is 4.14. The van der Waals surface area contributed by atoms with Crippen LogP contribution in [0, 0.1) is 17.7 Å². The van der Waals surface area contributed by atoms with Gasteiger partial charge in [0.15, 0.2) is 0 Å². The molecule has 1 saturated heterocycles. The highest BCUT2D eigenvalue weighted by molar-refractivity contribution is 7.20. The first kappa shape index (κ1) is 15.7. The molecule has 1 aromatic carbocycles. The van der Waals surface area contributed by atoms with Crippen molar-refractivity contribution in [2.45, 2.75) is 18.9 Å². The van der Waals surface area contributed by atoms with Crippen LogP contribution in [0.25, 0.3) is 10.1 Å². The number of thiophene rings is 1. The van der Waals surface area contributed by atoms with Crippen molar-refractivity contribution in [3.63, 3.8) is 0 Å². The van der Waals surface area contributed by atoms with Gasteiger partial charge in [0.25, 0.3) is 5.91 Å². The fraction of sp³-hybridized carbons (Fsp3) is 0.438. The quantitative estimate of drug-likeness (QED) is 0.866. The number of benzene rings is 1. The summed E-state index contributed by atoms with van der Waals surface area (Å²) in [5.41, 5.74) is 6.12. The first-order chi connectivity index (χ1) is 10.1. The summed E-state index contributed by atoms with van der Waals surface area (Å²) < 4.78 is 14.2. The molecule has 0 spiro atoms. The molecule has 3 atom stereocenters. The highest BCUT2D eigenvalue weighted by Gasteiger charge is 2.42. The molecule has 1 aromatic heterocycles. The van der Waals surface area contributed by atoms with Crippen LogP contribution in [0.4, 0.5) is 4.39 Å². The number of carbonyl (C=O) groups excluding carboxylic acids is 1. The number of hydrogen-bond acceptors (Lipinski definition) is 3. The molecule has 2 aromatic rings. The van der Waals surface area contributed by atoms with Crippen LogP contribution in [0.1, 0.15) is 22.5 Å². The summed E-state index contributed by atoms with van der Waals surface area (Å²) in [7, 11) is 0. The van der Waals surface area contributed by atoms with Crippen LogP contribution in [-0.2, 0) is 0 Å². The number of nitrogens with two attached hydrogens (primary N) is 1. The van der Waals surface area contributed by atoms with Crippen LogP contribution >= 0.6 is 23.7 Å². The van der Waals surface area contributed by atoms with E-state index >= 15 is 0 Å². The van der Waals surface area contributed by atoms with Gasteiger partial charge in [0, 0.05) is 23.8 Å². The minimum Gasteiger partial charge on any atom is -0.337 e. The van der Waals surface area contributed by atoms with Gasteiger partial charge in [0.1, 0.15) is 5.82 Å². The molecule has 6 heteroatoms. The summed E-state index contributed by atoms with van der Waals surface area (Å²) in [5, 5.41) is 0.805. The summed E-state index contributed by atoms with van der Waals surface area (Å²) in [6.07, 6.45) is 2.22. The number of likely N-dealkylation sites (tertiary alicyclic amines) is 1. The molecular formula is C16H18ClFN2OS. The average Bonchev–Trinajstić information content (AvgIpc) is 3.13. The second-order valence-corrected chi connectivity index (χ2v) is 7.25. The molecule has 0 radical (unpaired) electrons. The Bertz CT molecular complexity index is 719. The van der Waals surface area contributed by atoms with E-state index in [9.17, 15) is 9.18 Å². The van der Waals surface area contributed by atoms with E-state index in [2.05, 4.69) is 0 Å². The first-order valence-electron chi connectivity index (χ1n) is 7.36. The van der Waals surface area contributed by atoms with E-state index in [0.29, 0.717) is 16.7 Å². The maximum atomic E-state index is 13.2. The maximum absolute atomic E-state index is 13.2. The zero-order chi connectivity index (χ0) is 14.6. The lowest BCUT2D eigenvalue weighted by Gasteiger charge is -2.17. The van der Waals surface area contributed by atoms with Crippen molar-refractivity contribution in [2.24, 2.45) is 17.6 Å². The summed E-state index contributed by atoms with van der Waals surface area (Å²) in [6.45, 7) is 1.59. The Hall–Kier alpha value is -1.17. The van der Waals surface area contributed by atoms with Crippen molar-refractivity contribution in [1.82, 2.24) is 4.90 Å². The lowest BCUT2D eigenvalue weighted by atomic mass is 9.98. The van der Waals surface area contributed by atoms with Crippen LogP contribution in [0.15, 0.2) is 24.3 Å². The van der Waals surface area contributed by atoms with E-state index in [-0.39, 0.29) is 30.2 Å². The number of fused-ring (bicyclic) bond motifs is 2. The Labute approximate surface area is 138 Å². The summed E-state index contributed by atoms with van der Waals surface area (Å²) in [6, 6.07) is 6.70. The fourth-order valence-electron chi connectivity index (χ4n) is 3.75. The summed E-state index contributed by atoms with van der Waals surface area (Å²) >= 11 is 1.44. The highest BCUT2D eigenvalue weighted by atomic mass is 35.5. The van der Waals surface area contributed by atoms with Crippen molar-refractivity contribution < 1.29 is 9.18 Å². The molecule has 2 N–H and O–H groups in total. The predicted molar refractivity (Wildman–Crippen MR) is 89.1 cm³/mol. The Morgan fingerprint density at radius 2 is 2.09 bits per heavy atom. The highest BCUT2D eigenvalue weighted by Crippen LogP contribution is 2.38. The minimum absolute atomic E-state index is 0. The van der Waals surface area contributed by atoms with Crippen molar-refractivity contribution in [3.8, 4) is 0 Å². The third-order valence-corrected chi connectivity index (χ3v) is 5.99. The first-order valence-corrected chi connectivity index (χ1v) is 8.17. The van der Waals surface area contributed by atoms with Crippen molar-refractivity contribution in [1.29, 1.82) is 0 Å². The molecule has 0 bridgehead atoms. The van der Waals surface area contributed by atoms with Gasteiger partial charge in [-0.25, -0.2) is 4.39 Å². The zero-order valence-electron chi connectivity index (χ0n) is 12.0. The molecule has 22 heavy (non-hydrogen) atoms. The van der Waals surface area contributed by atoms with Gasteiger partial charge in [-0.1, -0.05) is 0 Å². The van der Waals surface area contributed by atoms with E-state index in [4.69, 9.17) is 5.73 Å². The molecule has 3 nitrogen and oxygen atoms in total. The van der Waals surface area contributed by atoms with Gasteiger partial charge < -0.3 is 10.6 Å². The van der Waals surface area contributed by atoms with Crippen LogP contribution in [-0.4, -0.2) is 29.9 Å². The van der Waals surface area contributed by atoms with E-state index in [0.717, 1.165) is 36.0 Å². The third-order valence-electron chi connectivity index (χ3n) is 4.89. The topological polar surface area (TPSA) is 46.3 Å². The molecule has 2 fully saturated rings. The second-order valence-electron chi connectivity index (χ2n) is 6.17. The van der Waals surface area contributed by atoms with Gasteiger partial charge in [-0.3, -0.25) is 4.79 Å². The van der Waals surface area contributed by atoms with Crippen molar-refractivity contribution >= 4 is 39.7 Å². The average molecular weight is 341 g/mol. The number of hydrogen-bond donors (Lipinski definition) is 1. The molecule has 3 unspecified atom stereocenters. The predicted octanol–water partition coefficient (Wildman–Crippen LogP) is 3.27. The zero-order valence-corrected chi connectivity index (χ0v) is 13.6. The smallest absolute Gasteiger partial charge is 0.263 e. The number of halogens is 2. The largest absolute Gasteiger partial charge is 0.337 e. The van der Waals surface area contributed by atoms with Crippen molar-refractivity contribution in [3.05, 3.63) is 35.0 Å². The fourth-order valence-corrected chi connectivity index (χ4v) is 4.76. The van der Waals surface area contributed by atoms with Gasteiger partial charge in [0.2, 0.25) is 0 Å². The molecule has 1 aliphatic carbocycles. The lowest BCUT2D eigenvalue weighted by molar-refractivity contribution is 0.0784. The minimum atomic E-state index is -0.263. The summed E-state index contributed by atoms with van der Waals surface area (Å²) in [4.78, 5) is 15.3. The monoisotopic (exact) mass is 340 g/mol. The standard InChI is InChI=1S/C16H17FN2OS.ClH/c17-11-2-4-14-10(5-11)6-15(21-14)16(20)19-7-9-1-3-13(18)12(9)8-19;/h2,4-6,9,12-13H,1,3,7-8,18H2;1H. The van der Waals surface area contributed by atoms with E-state index < -0.39 is 0 Å². The van der Waals surface area contributed by atoms with Gasteiger partial charge in [-0.15, -0.1) is 23.7 Å². The van der Waals surface area contributed by atoms with E-state index in [1.54, 1.807) is 12.1 Å². The molecule has 1 saturated carbocycles. The van der Waals surface area contributed by atoms with Crippen LogP contribution in [0.3, 0.4) is 0 Å². The Balaban J connectivity index is 0.00000144. The molecule has 4 rings (SSSR count). The van der Waals surface area contributed by atoms with E-state index in [1.165, 1.54) is 23.5 Å². The van der Waals surface area contributed by atoms with Gasteiger partial charge in [-0.05, 0) is 54.3 Å². The normalized spacial score (nSPS) is 27.0. The Morgan fingerprint density at radius 1 is 1.27 bits per heavy atom. The molecule has 118 valence electrons. The number of amides is 1. The third kappa shape index (κ3) is 2.51. The Morgan fingerprint density at radius 3 is 2.86 bits per heavy atom. The van der Waals surface area contributed by atoms with Crippen molar-refractivity contribution in [2.75, 3.05) is 13.1 Å².